The molecule has 5 nitrogen and oxygen atoms in total. The summed E-state index contributed by atoms with van der Waals surface area (Å²) in [5.74, 6) is 2.34. The molecule has 27 heavy (non-hydrogen) atoms. The molecule has 1 atom stereocenters. The third kappa shape index (κ3) is 4.05. The zero-order valence-corrected chi connectivity index (χ0v) is 17.5. The van der Waals surface area contributed by atoms with Crippen LogP contribution in [-0.4, -0.2) is 29.7 Å². The van der Waals surface area contributed by atoms with Gasteiger partial charge in [-0.05, 0) is 37.1 Å². The summed E-state index contributed by atoms with van der Waals surface area (Å²) >= 11 is 3.41. The van der Waals surface area contributed by atoms with Gasteiger partial charge in [0.25, 0.3) is 0 Å². The molecular weight excluding hydrogens is 376 g/mol. The second-order valence-electron chi connectivity index (χ2n) is 7.31. The maximum absolute atomic E-state index is 6.31. The van der Waals surface area contributed by atoms with Crippen molar-refractivity contribution in [3.63, 3.8) is 0 Å². The molecule has 3 heterocycles. The monoisotopic (exact) mass is 401 g/mol. The second kappa shape index (κ2) is 7.66. The van der Waals surface area contributed by atoms with Gasteiger partial charge in [0.2, 0.25) is 0 Å². The molecule has 7 heteroatoms. The van der Waals surface area contributed by atoms with Crippen LogP contribution in [0.5, 0.6) is 5.75 Å². The van der Waals surface area contributed by atoms with Crippen molar-refractivity contribution in [2.75, 3.05) is 19.3 Å². The van der Waals surface area contributed by atoms with E-state index < -0.39 is 0 Å². The highest BCUT2D eigenvalue weighted by Gasteiger charge is 2.24. The molecule has 0 fully saturated rings. The molecule has 142 valence electrons. The van der Waals surface area contributed by atoms with Crippen LogP contribution in [0.15, 0.2) is 29.4 Å². The highest BCUT2D eigenvalue weighted by Crippen LogP contribution is 2.35. The van der Waals surface area contributed by atoms with E-state index in [-0.39, 0.29) is 6.10 Å². The van der Waals surface area contributed by atoms with E-state index in [1.54, 1.807) is 28.0 Å². The largest absolute Gasteiger partial charge is 0.491 e. The molecule has 0 radical (unpaired) electrons. The fraction of sp³-hybridized carbons (Fsp3) is 0.400. The predicted molar refractivity (Wildman–Crippen MR) is 113 cm³/mol. The van der Waals surface area contributed by atoms with E-state index in [0.717, 1.165) is 46.4 Å². The van der Waals surface area contributed by atoms with Crippen LogP contribution in [0.3, 0.4) is 0 Å². The number of hydrogen-bond acceptors (Lipinski definition) is 6. The Morgan fingerprint density at radius 3 is 2.78 bits per heavy atom. The van der Waals surface area contributed by atoms with Gasteiger partial charge in [-0.25, -0.2) is 9.97 Å². The number of nitrogens with two attached hydrogens (primary N) is 1. The van der Waals surface area contributed by atoms with Crippen molar-refractivity contribution in [2.45, 2.75) is 43.8 Å². The molecule has 3 N–H and O–H groups in total. The minimum Gasteiger partial charge on any atom is -0.491 e. The van der Waals surface area contributed by atoms with E-state index in [1.165, 1.54) is 16.0 Å². The first-order chi connectivity index (χ1) is 13.0. The van der Waals surface area contributed by atoms with Gasteiger partial charge in [0.1, 0.15) is 22.9 Å². The van der Waals surface area contributed by atoms with Crippen molar-refractivity contribution in [1.82, 2.24) is 9.97 Å². The summed E-state index contributed by atoms with van der Waals surface area (Å²) in [5, 5.41) is 1.84. The van der Waals surface area contributed by atoms with Gasteiger partial charge in [0.15, 0.2) is 5.16 Å². The topological polar surface area (TPSA) is 65.5 Å². The summed E-state index contributed by atoms with van der Waals surface area (Å²) in [7, 11) is 2.24. The Morgan fingerprint density at radius 2 is 2.04 bits per heavy atom. The lowest BCUT2D eigenvalue weighted by atomic mass is 10.1. The molecule has 3 aromatic rings. The van der Waals surface area contributed by atoms with Gasteiger partial charge in [0, 0.05) is 12.2 Å². The number of ether oxygens (including phenoxy) is 1. The van der Waals surface area contributed by atoms with Crippen LogP contribution in [0, 0.1) is 0 Å². The Balaban J connectivity index is 1.51. The quantitative estimate of drug-likeness (QED) is 0.508. The van der Waals surface area contributed by atoms with Crippen molar-refractivity contribution in [3.05, 3.63) is 40.3 Å². The van der Waals surface area contributed by atoms with Crippen molar-refractivity contribution < 1.29 is 9.64 Å². The van der Waals surface area contributed by atoms with Gasteiger partial charge in [-0.2, -0.15) is 0 Å². The molecule has 1 unspecified atom stereocenters. The van der Waals surface area contributed by atoms with E-state index in [4.69, 9.17) is 15.5 Å². The fourth-order valence-electron chi connectivity index (χ4n) is 3.37. The van der Waals surface area contributed by atoms with E-state index in [2.05, 4.69) is 24.2 Å². The van der Waals surface area contributed by atoms with Crippen LogP contribution in [0.2, 0.25) is 0 Å². The highest BCUT2D eigenvalue weighted by molar-refractivity contribution is 7.98. The average Bonchev–Trinajstić information content (AvgIpc) is 2.98. The van der Waals surface area contributed by atoms with Gasteiger partial charge in [-0.3, -0.25) is 0 Å². The highest BCUT2D eigenvalue weighted by atomic mass is 32.2. The number of fused-ring (bicyclic) bond motifs is 3. The molecule has 0 bridgehead atoms. The van der Waals surface area contributed by atoms with E-state index >= 15 is 0 Å². The second-order valence-corrected chi connectivity index (χ2v) is 9.33. The SMILES string of the molecule is CC(C)Oc1ccc(CSc2nc(N)c3c4c(sc3n2)C[NH+](C)CC4)cc1. The lowest BCUT2D eigenvalue weighted by Gasteiger charge is -2.19. The maximum atomic E-state index is 6.31. The Hall–Kier alpha value is -1.83. The summed E-state index contributed by atoms with van der Waals surface area (Å²) in [6.45, 7) is 6.27. The van der Waals surface area contributed by atoms with Crippen LogP contribution < -0.4 is 15.4 Å². The van der Waals surface area contributed by atoms with Gasteiger partial charge < -0.3 is 15.4 Å². The molecule has 1 aliphatic heterocycles. The standard InChI is InChI=1S/C20H24N4OS2/c1-12(2)25-14-6-4-13(5-7-14)11-26-20-22-18(21)17-15-8-9-24(3)10-16(15)27-19(17)23-20/h4-7,12H,8-11H2,1-3H3,(H2,21,22,23)/p+1. The summed E-state index contributed by atoms with van der Waals surface area (Å²) < 4.78 is 5.69. The number of quaternary nitrogens is 1. The number of nitrogen functional groups attached to an aromatic ring is 1. The number of anilines is 1. The van der Waals surface area contributed by atoms with Crippen LogP contribution >= 0.6 is 23.1 Å². The molecule has 2 aromatic heterocycles. The molecule has 0 saturated carbocycles. The lowest BCUT2D eigenvalue weighted by Crippen LogP contribution is -3.08. The number of hydrogen-bond donors (Lipinski definition) is 2. The Bertz CT molecular complexity index is 953. The predicted octanol–water partition coefficient (Wildman–Crippen LogP) is 2.92. The molecule has 4 rings (SSSR count). The number of nitrogens with one attached hydrogen (secondary N) is 1. The maximum Gasteiger partial charge on any atom is 0.191 e. The van der Waals surface area contributed by atoms with E-state index in [1.807, 2.05) is 26.0 Å². The normalized spacial score (nSPS) is 16.7. The van der Waals surface area contributed by atoms with Crippen molar-refractivity contribution >= 4 is 39.1 Å². The summed E-state index contributed by atoms with van der Waals surface area (Å²) in [4.78, 5) is 13.4. The van der Waals surface area contributed by atoms with Crippen LogP contribution in [0.25, 0.3) is 10.2 Å². The summed E-state index contributed by atoms with van der Waals surface area (Å²) in [6.07, 6.45) is 1.25. The van der Waals surface area contributed by atoms with Crippen LogP contribution in [-0.2, 0) is 18.7 Å². The number of aromatic nitrogens is 2. The Morgan fingerprint density at radius 1 is 1.26 bits per heavy atom. The van der Waals surface area contributed by atoms with Crippen LogP contribution in [0.1, 0.15) is 29.9 Å². The Labute approximate surface area is 167 Å². The molecule has 1 aromatic carbocycles. The van der Waals surface area contributed by atoms with E-state index in [9.17, 15) is 0 Å². The smallest absolute Gasteiger partial charge is 0.191 e. The zero-order chi connectivity index (χ0) is 19.0. The van der Waals surface area contributed by atoms with E-state index in [0.29, 0.717) is 5.82 Å². The summed E-state index contributed by atoms with van der Waals surface area (Å²) in [5.41, 5.74) is 8.90. The first-order valence-corrected chi connectivity index (χ1v) is 11.1. The number of benzene rings is 1. The first kappa shape index (κ1) is 18.5. The Kier molecular flexibility index (Phi) is 5.25. The molecule has 1 aliphatic rings. The van der Waals surface area contributed by atoms with Gasteiger partial charge in [0.05, 0.1) is 30.0 Å². The van der Waals surface area contributed by atoms with Crippen molar-refractivity contribution in [1.29, 1.82) is 0 Å². The molecule has 0 saturated heterocycles. The number of nitrogens with zero attached hydrogens (tertiary/aromatic N) is 2. The van der Waals surface area contributed by atoms with Gasteiger partial charge in [-0.15, -0.1) is 11.3 Å². The van der Waals surface area contributed by atoms with Gasteiger partial charge in [-0.1, -0.05) is 23.9 Å². The fourth-order valence-corrected chi connectivity index (χ4v) is 5.57. The molecular formula is C20H25N4OS2+. The zero-order valence-electron chi connectivity index (χ0n) is 15.9. The first-order valence-electron chi connectivity index (χ1n) is 9.27. The molecule has 0 amide bonds. The number of rotatable bonds is 5. The number of thioether (sulfide) groups is 1. The number of likely N-dealkylation sites (N-methyl/N-ethyl adjacent to an activating group) is 1. The molecule has 0 aliphatic carbocycles. The molecule has 0 spiro atoms. The van der Waals surface area contributed by atoms with Gasteiger partial charge >= 0.3 is 0 Å². The summed E-state index contributed by atoms with van der Waals surface area (Å²) in [6, 6.07) is 8.21. The lowest BCUT2D eigenvalue weighted by molar-refractivity contribution is -0.895. The third-order valence-corrected chi connectivity index (χ3v) is 6.71. The minimum atomic E-state index is 0.186. The van der Waals surface area contributed by atoms with Crippen molar-refractivity contribution in [2.24, 2.45) is 0 Å². The third-order valence-electron chi connectivity index (χ3n) is 4.67. The van der Waals surface area contributed by atoms with Crippen LogP contribution in [0.4, 0.5) is 5.82 Å². The van der Waals surface area contributed by atoms with Crippen molar-refractivity contribution in [3.8, 4) is 5.75 Å². The number of thiophene rings is 1. The average molecular weight is 402 g/mol. The minimum absolute atomic E-state index is 0.186.